The third kappa shape index (κ3) is 4.52. The van der Waals surface area contributed by atoms with Crippen LogP contribution in [0.5, 0.6) is 5.75 Å². The Kier molecular flexibility index (Phi) is 5.77. The molecule has 2 unspecified atom stereocenters. The van der Waals surface area contributed by atoms with Crippen molar-refractivity contribution in [2.45, 2.75) is 63.8 Å². The molecule has 2 aromatic rings. The van der Waals surface area contributed by atoms with Gasteiger partial charge in [-0.2, -0.15) is 0 Å². The summed E-state index contributed by atoms with van der Waals surface area (Å²) in [6.07, 6.45) is 12.6. The summed E-state index contributed by atoms with van der Waals surface area (Å²) in [5.41, 5.74) is 4.01. The second-order valence-corrected chi connectivity index (χ2v) is 8.73. The molecule has 3 nitrogen and oxygen atoms in total. The molecular formula is C24H32N2O. The first-order chi connectivity index (χ1) is 13.2. The summed E-state index contributed by atoms with van der Waals surface area (Å²) in [5, 5.41) is 13.8. The lowest BCUT2D eigenvalue weighted by Gasteiger charge is -2.36. The molecule has 2 aliphatic carbocycles. The summed E-state index contributed by atoms with van der Waals surface area (Å²) >= 11 is 0. The number of phenols is 1. The normalized spacial score (nSPS) is 27.9. The van der Waals surface area contributed by atoms with E-state index in [0.29, 0.717) is 17.7 Å². The van der Waals surface area contributed by atoms with Gasteiger partial charge in [0.25, 0.3) is 0 Å². The van der Waals surface area contributed by atoms with Gasteiger partial charge in [-0.3, -0.25) is 4.98 Å². The fraction of sp³-hybridized carbons (Fsp3) is 0.542. The van der Waals surface area contributed by atoms with Gasteiger partial charge >= 0.3 is 0 Å². The van der Waals surface area contributed by atoms with Crippen molar-refractivity contribution in [3.05, 3.63) is 59.4 Å². The molecule has 0 bridgehead atoms. The van der Waals surface area contributed by atoms with Crippen LogP contribution in [0, 0.1) is 11.8 Å². The molecule has 27 heavy (non-hydrogen) atoms. The number of fused-ring (bicyclic) bond motifs is 1. The zero-order valence-electron chi connectivity index (χ0n) is 16.4. The zero-order valence-corrected chi connectivity index (χ0v) is 16.4. The van der Waals surface area contributed by atoms with E-state index in [0.717, 1.165) is 37.6 Å². The Morgan fingerprint density at radius 3 is 2.74 bits per heavy atom. The van der Waals surface area contributed by atoms with E-state index in [1.807, 2.05) is 30.6 Å². The van der Waals surface area contributed by atoms with Crippen LogP contribution in [0.1, 0.15) is 61.6 Å². The molecule has 3 heteroatoms. The molecular weight excluding hydrogens is 332 g/mol. The second kappa shape index (κ2) is 8.43. The molecule has 2 N–H and O–H groups in total. The number of hydrogen-bond acceptors (Lipinski definition) is 3. The van der Waals surface area contributed by atoms with Crippen molar-refractivity contribution in [1.82, 2.24) is 10.3 Å². The fourth-order valence-electron chi connectivity index (χ4n) is 5.02. The van der Waals surface area contributed by atoms with Crippen molar-refractivity contribution in [2.24, 2.45) is 11.8 Å². The molecule has 4 rings (SSSR count). The van der Waals surface area contributed by atoms with Crippen molar-refractivity contribution < 1.29 is 5.11 Å². The molecule has 0 spiro atoms. The highest BCUT2D eigenvalue weighted by Gasteiger charge is 2.30. The van der Waals surface area contributed by atoms with Gasteiger partial charge in [-0.25, -0.2) is 0 Å². The lowest BCUT2D eigenvalue weighted by molar-refractivity contribution is 0.262. The van der Waals surface area contributed by atoms with E-state index in [1.54, 1.807) is 0 Å². The Balaban J connectivity index is 1.49. The minimum absolute atomic E-state index is 0.386. The third-order valence-electron chi connectivity index (χ3n) is 6.72. The minimum Gasteiger partial charge on any atom is -0.508 e. The quantitative estimate of drug-likeness (QED) is 0.797. The Morgan fingerprint density at radius 2 is 1.96 bits per heavy atom. The number of aromatic nitrogens is 1. The monoisotopic (exact) mass is 364 g/mol. The third-order valence-corrected chi connectivity index (χ3v) is 6.72. The number of nitrogens with one attached hydrogen (secondary N) is 1. The standard InChI is InChI=1S/C24H32N2O/c1-17-4-6-18(7-5-17)16-26-24-11-8-20-14-21(27)9-10-22(20)23(24)13-19-3-2-12-25-15-19/h2-3,9-10,12,14-15,17-18,23-24,26-27H,4-8,11,13,16H2,1H3. The summed E-state index contributed by atoms with van der Waals surface area (Å²) in [4.78, 5) is 4.31. The molecule has 0 radical (unpaired) electrons. The van der Waals surface area contributed by atoms with Crippen molar-refractivity contribution >= 4 is 0 Å². The van der Waals surface area contributed by atoms with Crippen molar-refractivity contribution in [1.29, 1.82) is 0 Å². The topological polar surface area (TPSA) is 45.1 Å². The van der Waals surface area contributed by atoms with Crippen LogP contribution in [0.25, 0.3) is 0 Å². The van der Waals surface area contributed by atoms with E-state index in [-0.39, 0.29) is 0 Å². The van der Waals surface area contributed by atoms with Crippen molar-refractivity contribution in [3.63, 3.8) is 0 Å². The number of aromatic hydroxyl groups is 1. The molecule has 0 amide bonds. The average Bonchev–Trinajstić information content (AvgIpc) is 2.69. The van der Waals surface area contributed by atoms with Gasteiger partial charge in [0.15, 0.2) is 0 Å². The fourth-order valence-corrected chi connectivity index (χ4v) is 5.02. The van der Waals surface area contributed by atoms with Crippen LogP contribution < -0.4 is 5.32 Å². The van der Waals surface area contributed by atoms with E-state index in [9.17, 15) is 5.11 Å². The van der Waals surface area contributed by atoms with Crippen molar-refractivity contribution in [2.75, 3.05) is 6.54 Å². The Morgan fingerprint density at radius 1 is 1.11 bits per heavy atom. The molecule has 144 valence electrons. The lowest BCUT2D eigenvalue weighted by atomic mass is 9.76. The number of rotatable bonds is 5. The Hall–Kier alpha value is -1.87. The molecule has 2 atom stereocenters. The van der Waals surface area contributed by atoms with Gasteiger partial charge < -0.3 is 10.4 Å². The summed E-state index contributed by atoms with van der Waals surface area (Å²) < 4.78 is 0. The van der Waals surface area contributed by atoms with Crippen molar-refractivity contribution in [3.8, 4) is 5.75 Å². The average molecular weight is 365 g/mol. The predicted octanol–water partition coefficient (Wildman–Crippen LogP) is 4.84. The van der Waals surface area contributed by atoms with Crippen LogP contribution in [0.15, 0.2) is 42.7 Å². The molecule has 1 aromatic heterocycles. The number of pyridine rings is 1. The van der Waals surface area contributed by atoms with Crippen LogP contribution in [0.3, 0.4) is 0 Å². The molecule has 0 aliphatic heterocycles. The molecule has 1 aromatic carbocycles. The summed E-state index contributed by atoms with van der Waals surface area (Å²) in [6, 6.07) is 10.7. The largest absolute Gasteiger partial charge is 0.508 e. The van der Waals surface area contributed by atoms with Gasteiger partial charge in [-0.05, 0) is 85.4 Å². The predicted molar refractivity (Wildman–Crippen MR) is 110 cm³/mol. The van der Waals surface area contributed by atoms with Gasteiger partial charge in [-0.15, -0.1) is 0 Å². The summed E-state index contributed by atoms with van der Waals surface area (Å²) in [6.45, 7) is 3.54. The first kappa shape index (κ1) is 18.5. The van der Waals surface area contributed by atoms with Crippen LogP contribution in [0.4, 0.5) is 0 Å². The van der Waals surface area contributed by atoms with E-state index >= 15 is 0 Å². The van der Waals surface area contributed by atoms with Crippen LogP contribution >= 0.6 is 0 Å². The highest BCUT2D eigenvalue weighted by Crippen LogP contribution is 2.36. The number of nitrogens with zero attached hydrogens (tertiary/aromatic N) is 1. The van der Waals surface area contributed by atoms with E-state index in [2.05, 4.69) is 29.4 Å². The van der Waals surface area contributed by atoms with Gasteiger partial charge in [0.1, 0.15) is 5.75 Å². The first-order valence-electron chi connectivity index (χ1n) is 10.6. The van der Waals surface area contributed by atoms with Gasteiger partial charge in [0.2, 0.25) is 0 Å². The first-order valence-corrected chi connectivity index (χ1v) is 10.6. The SMILES string of the molecule is CC1CCC(CNC2CCc3cc(O)ccc3C2Cc2cccnc2)CC1. The van der Waals surface area contributed by atoms with Crippen LogP contribution in [-0.2, 0) is 12.8 Å². The number of benzene rings is 1. The summed E-state index contributed by atoms with van der Waals surface area (Å²) in [5.74, 6) is 2.58. The number of phenolic OH excluding ortho intramolecular Hbond substituents is 1. The highest BCUT2D eigenvalue weighted by molar-refractivity contribution is 5.40. The van der Waals surface area contributed by atoms with Crippen LogP contribution in [0.2, 0.25) is 0 Å². The van der Waals surface area contributed by atoms with Gasteiger partial charge in [-0.1, -0.05) is 31.9 Å². The molecule has 2 aliphatic rings. The maximum Gasteiger partial charge on any atom is 0.115 e. The Bertz CT molecular complexity index is 737. The molecule has 1 fully saturated rings. The van der Waals surface area contributed by atoms with Gasteiger partial charge in [0, 0.05) is 24.4 Å². The van der Waals surface area contributed by atoms with E-state index in [1.165, 1.54) is 42.4 Å². The van der Waals surface area contributed by atoms with E-state index < -0.39 is 0 Å². The summed E-state index contributed by atoms with van der Waals surface area (Å²) in [7, 11) is 0. The second-order valence-electron chi connectivity index (χ2n) is 8.73. The smallest absolute Gasteiger partial charge is 0.115 e. The van der Waals surface area contributed by atoms with Crippen LogP contribution in [-0.4, -0.2) is 22.7 Å². The van der Waals surface area contributed by atoms with E-state index in [4.69, 9.17) is 0 Å². The molecule has 1 heterocycles. The lowest BCUT2D eigenvalue weighted by Crippen LogP contribution is -2.42. The van der Waals surface area contributed by atoms with Gasteiger partial charge in [0.05, 0.1) is 0 Å². The zero-order chi connectivity index (χ0) is 18.6. The number of hydrogen-bond donors (Lipinski definition) is 2. The minimum atomic E-state index is 0.386. The Labute approximate surface area is 163 Å². The molecule has 0 saturated heterocycles. The highest BCUT2D eigenvalue weighted by atomic mass is 16.3. The molecule has 1 saturated carbocycles. The number of aryl methyl sites for hydroxylation is 1. The maximum atomic E-state index is 9.90. The maximum absolute atomic E-state index is 9.90.